The van der Waals surface area contributed by atoms with Crippen molar-refractivity contribution in [1.29, 1.82) is 0 Å². The minimum absolute atomic E-state index is 0.145. The minimum atomic E-state index is 0.145. The van der Waals surface area contributed by atoms with Gasteiger partial charge in [0.15, 0.2) is 0 Å². The zero-order chi connectivity index (χ0) is 13.4. The first kappa shape index (κ1) is 15.5. The van der Waals surface area contributed by atoms with Crippen molar-refractivity contribution in [3.63, 3.8) is 0 Å². The van der Waals surface area contributed by atoms with Crippen LogP contribution in [0.2, 0.25) is 0 Å². The van der Waals surface area contributed by atoms with Crippen LogP contribution >= 0.6 is 0 Å². The molecule has 0 aromatic heterocycles. The van der Waals surface area contributed by atoms with E-state index in [4.69, 9.17) is 0 Å². The lowest BCUT2D eigenvalue weighted by Gasteiger charge is -2.24. The molecule has 0 aromatic rings. The highest BCUT2D eigenvalue weighted by molar-refractivity contribution is 5.78. The maximum Gasteiger partial charge on any atom is 0.234 e. The average molecular weight is 254 g/mol. The lowest BCUT2D eigenvalue weighted by atomic mass is 9.93. The van der Waals surface area contributed by atoms with Gasteiger partial charge in [-0.1, -0.05) is 32.6 Å². The minimum Gasteiger partial charge on any atom is -0.352 e. The number of rotatable bonds is 6. The molecule has 0 saturated heterocycles. The van der Waals surface area contributed by atoms with Crippen LogP contribution in [0.5, 0.6) is 0 Å². The van der Waals surface area contributed by atoms with Crippen LogP contribution in [-0.2, 0) is 4.79 Å². The molecule has 18 heavy (non-hydrogen) atoms. The third-order valence-electron chi connectivity index (χ3n) is 4.22. The van der Waals surface area contributed by atoms with Gasteiger partial charge in [0.05, 0.1) is 6.54 Å². The van der Waals surface area contributed by atoms with Crippen molar-refractivity contribution in [2.24, 2.45) is 5.92 Å². The molecule has 0 aromatic carbocycles. The van der Waals surface area contributed by atoms with Crippen molar-refractivity contribution >= 4 is 5.91 Å². The first-order valence-electron chi connectivity index (χ1n) is 7.66. The van der Waals surface area contributed by atoms with Crippen molar-refractivity contribution in [1.82, 2.24) is 10.6 Å². The van der Waals surface area contributed by atoms with Crippen LogP contribution in [0.15, 0.2) is 0 Å². The van der Waals surface area contributed by atoms with Crippen molar-refractivity contribution in [2.45, 2.75) is 77.8 Å². The van der Waals surface area contributed by atoms with Gasteiger partial charge >= 0.3 is 0 Å². The molecule has 106 valence electrons. The molecule has 3 heteroatoms. The normalized spacial score (nSPS) is 21.1. The van der Waals surface area contributed by atoms with Crippen molar-refractivity contribution in [3.05, 3.63) is 0 Å². The summed E-state index contributed by atoms with van der Waals surface area (Å²) in [5, 5.41) is 6.40. The van der Waals surface area contributed by atoms with Gasteiger partial charge in [-0.25, -0.2) is 0 Å². The molecular weight excluding hydrogens is 224 g/mol. The number of hydrogen-bond donors (Lipinski definition) is 2. The zero-order valence-electron chi connectivity index (χ0n) is 12.3. The Morgan fingerprint density at radius 1 is 1.17 bits per heavy atom. The summed E-state index contributed by atoms with van der Waals surface area (Å²) < 4.78 is 0. The van der Waals surface area contributed by atoms with Gasteiger partial charge in [0, 0.05) is 12.1 Å². The number of carbonyl (C=O) groups is 1. The van der Waals surface area contributed by atoms with E-state index < -0.39 is 0 Å². The molecule has 0 spiro atoms. The van der Waals surface area contributed by atoms with Crippen molar-refractivity contribution in [2.75, 3.05) is 6.54 Å². The van der Waals surface area contributed by atoms with E-state index in [9.17, 15) is 4.79 Å². The predicted octanol–water partition coefficient (Wildman–Crippen LogP) is 2.85. The maximum absolute atomic E-state index is 11.8. The summed E-state index contributed by atoms with van der Waals surface area (Å²) in [5.41, 5.74) is 0. The fourth-order valence-corrected chi connectivity index (χ4v) is 2.65. The van der Waals surface area contributed by atoms with Gasteiger partial charge in [-0.15, -0.1) is 0 Å². The molecule has 1 aliphatic rings. The van der Waals surface area contributed by atoms with E-state index in [1.807, 2.05) is 0 Å². The van der Waals surface area contributed by atoms with Crippen LogP contribution in [0.25, 0.3) is 0 Å². The van der Waals surface area contributed by atoms with Gasteiger partial charge in [-0.3, -0.25) is 4.79 Å². The Morgan fingerprint density at radius 3 is 2.33 bits per heavy atom. The van der Waals surface area contributed by atoms with Gasteiger partial charge in [-0.05, 0) is 39.0 Å². The number of nitrogens with one attached hydrogen (secondary N) is 2. The highest BCUT2D eigenvalue weighted by atomic mass is 16.1. The monoisotopic (exact) mass is 254 g/mol. The molecule has 2 N–H and O–H groups in total. The Morgan fingerprint density at radius 2 is 1.78 bits per heavy atom. The highest BCUT2D eigenvalue weighted by Gasteiger charge is 2.20. The molecule has 0 radical (unpaired) electrons. The van der Waals surface area contributed by atoms with E-state index in [1.54, 1.807) is 0 Å². The van der Waals surface area contributed by atoms with Crippen molar-refractivity contribution < 1.29 is 4.79 Å². The van der Waals surface area contributed by atoms with Crippen molar-refractivity contribution in [3.8, 4) is 0 Å². The fourth-order valence-electron chi connectivity index (χ4n) is 2.65. The van der Waals surface area contributed by atoms with Gasteiger partial charge in [0.1, 0.15) is 0 Å². The molecule has 1 saturated carbocycles. The van der Waals surface area contributed by atoms with Gasteiger partial charge in [0.2, 0.25) is 5.91 Å². The zero-order valence-corrected chi connectivity index (χ0v) is 12.3. The second kappa shape index (κ2) is 8.52. The maximum atomic E-state index is 11.8. The molecular formula is C15H30N2O. The lowest BCUT2D eigenvalue weighted by molar-refractivity contribution is -0.121. The molecule has 1 fully saturated rings. The third-order valence-corrected chi connectivity index (χ3v) is 4.22. The Hall–Kier alpha value is -0.570. The Balaban J connectivity index is 2.25. The fraction of sp³-hybridized carbons (Fsp3) is 0.933. The largest absolute Gasteiger partial charge is 0.352 e. The quantitative estimate of drug-likeness (QED) is 0.716. The van der Waals surface area contributed by atoms with Crippen LogP contribution < -0.4 is 10.6 Å². The molecule has 1 amide bonds. The first-order valence-corrected chi connectivity index (χ1v) is 7.66. The first-order chi connectivity index (χ1) is 8.63. The summed E-state index contributed by atoms with van der Waals surface area (Å²) in [6, 6.07) is 0.748. The van der Waals surface area contributed by atoms with Gasteiger partial charge in [0.25, 0.3) is 0 Å². The van der Waals surface area contributed by atoms with E-state index in [-0.39, 0.29) is 5.91 Å². The summed E-state index contributed by atoms with van der Waals surface area (Å²) in [5.74, 6) is 0.826. The molecule has 0 bridgehead atoms. The molecule has 1 rings (SSSR count). The third kappa shape index (κ3) is 5.85. The molecule has 2 atom stereocenters. The van der Waals surface area contributed by atoms with E-state index in [1.165, 1.54) is 38.5 Å². The molecule has 0 aliphatic heterocycles. The second-order valence-electron chi connectivity index (χ2n) is 5.80. The summed E-state index contributed by atoms with van der Waals surface area (Å²) in [7, 11) is 0. The Kier molecular flexibility index (Phi) is 7.33. The van der Waals surface area contributed by atoms with Crippen LogP contribution in [0.3, 0.4) is 0 Å². The van der Waals surface area contributed by atoms with E-state index in [2.05, 4.69) is 31.4 Å². The molecule has 3 nitrogen and oxygen atoms in total. The van der Waals surface area contributed by atoms with E-state index in [0.29, 0.717) is 24.5 Å². The average Bonchev–Trinajstić information content (AvgIpc) is 2.64. The highest BCUT2D eigenvalue weighted by Crippen LogP contribution is 2.25. The standard InChI is InChI=1S/C15H30N2O/c1-4-12(2)16-11-15(18)17-13(3)14-9-7-5-6-8-10-14/h12-14,16H,4-11H2,1-3H3,(H,17,18)/t12?,13-/m0/s1. The summed E-state index contributed by atoms with van der Waals surface area (Å²) in [6.45, 7) is 6.86. The lowest BCUT2D eigenvalue weighted by Crippen LogP contribution is -2.44. The van der Waals surface area contributed by atoms with E-state index >= 15 is 0 Å². The molecule has 1 unspecified atom stereocenters. The number of hydrogen-bond acceptors (Lipinski definition) is 2. The summed E-state index contributed by atoms with van der Waals surface area (Å²) >= 11 is 0. The van der Waals surface area contributed by atoms with Crippen LogP contribution in [0.4, 0.5) is 0 Å². The number of amides is 1. The van der Waals surface area contributed by atoms with Crippen LogP contribution in [-0.4, -0.2) is 24.5 Å². The summed E-state index contributed by atoms with van der Waals surface area (Å²) in [4.78, 5) is 11.8. The molecule has 1 aliphatic carbocycles. The molecule has 0 heterocycles. The van der Waals surface area contributed by atoms with E-state index in [0.717, 1.165) is 6.42 Å². The Bertz CT molecular complexity index is 235. The topological polar surface area (TPSA) is 41.1 Å². The smallest absolute Gasteiger partial charge is 0.234 e. The van der Waals surface area contributed by atoms with Crippen LogP contribution in [0, 0.1) is 5.92 Å². The second-order valence-corrected chi connectivity index (χ2v) is 5.80. The van der Waals surface area contributed by atoms with Gasteiger partial charge in [-0.2, -0.15) is 0 Å². The predicted molar refractivity (Wildman–Crippen MR) is 76.6 cm³/mol. The summed E-state index contributed by atoms with van der Waals surface area (Å²) in [6.07, 6.45) is 9.01. The number of carbonyl (C=O) groups excluding carboxylic acids is 1. The van der Waals surface area contributed by atoms with Crippen LogP contribution in [0.1, 0.15) is 65.7 Å². The Labute approximate surface area is 112 Å². The SMILES string of the molecule is CCC(C)NCC(=O)N[C@@H](C)C1CCCCCC1. The van der Waals surface area contributed by atoms with Gasteiger partial charge < -0.3 is 10.6 Å².